The molecule has 0 saturated heterocycles. The number of hydrogen-bond donors (Lipinski definition) is 0. The molecule has 0 spiro atoms. The minimum absolute atomic E-state index is 0.328. The molecule has 1 rings (SSSR count). The number of hydrogen-bond acceptors (Lipinski definition) is 3. The molecule has 0 amide bonds. The third-order valence-electron chi connectivity index (χ3n) is 1.55. The normalized spacial score (nSPS) is 14.5. The van der Waals surface area contributed by atoms with Crippen LogP contribution >= 0.6 is 15.9 Å². The van der Waals surface area contributed by atoms with E-state index >= 15 is 0 Å². The average Bonchev–Trinajstić information content (AvgIpc) is 2.15. The molecule has 1 aromatic heterocycles. The van der Waals surface area contributed by atoms with Crippen molar-refractivity contribution >= 4 is 33.5 Å². The average molecular weight is 289 g/mol. The highest BCUT2D eigenvalue weighted by atomic mass is 79.9. The Kier molecular flexibility index (Phi) is 4.31. The third-order valence-corrected chi connectivity index (χ3v) is 3.37. The third kappa shape index (κ3) is 4.32. The number of rotatable bonds is 2. The highest BCUT2D eigenvalue weighted by Crippen LogP contribution is 2.16. The van der Waals surface area contributed by atoms with E-state index in [1.165, 1.54) is 6.21 Å². The van der Waals surface area contributed by atoms with Crippen molar-refractivity contribution in [2.75, 3.05) is 0 Å². The highest BCUT2D eigenvalue weighted by Gasteiger charge is 2.25. The van der Waals surface area contributed by atoms with E-state index in [1.807, 2.05) is 32.9 Å². The van der Waals surface area contributed by atoms with Gasteiger partial charge in [0.05, 0.1) is 5.69 Å². The Balaban J connectivity index is 2.70. The molecule has 0 unspecified atom stereocenters. The van der Waals surface area contributed by atoms with E-state index in [2.05, 4.69) is 25.3 Å². The highest BCUT2D eigenvalue weighted by molar-refractivity contribution is 9.10. The van der Waals surface area contributed by atoms with Gasteiger partial charge in [-0.3, -0.25) is 4.98 Å². The predicted molar refractivity (Wildman–Crippen MR) is 67.4 cm³/mol. The first kappa shape index (κ1) is 12.7. The molecular weight excluding hydrogens is 276 g/mol. The van der Waals surface area contributed by atoms with Gasteiger partial charge in [0, 0.05) is 10.7 Å². The van der Waals surface area contributed by atoms with Crippen molar-refractivity contribution in [2.24, 2.45) is 4.40 Å². The first-order valence-electron chi connectivity index (χ1n) is 4.47. The molecule has 1 heterocycles. The zero-order valence-corrected chi connectivity index (χ0v) is 11.3. The van der Waals surface area contributed by atoms with Gasteiger partial charge in [0.1, 0.15) is 22.3 Å². The second-order valence-corrected chi connectivity index (χ2v) is 6.85. The van der Waals surface area contributed by atoms with E-state index in [4.69, 9.17) is 0 Å². The van der Waals surface area contributed by atoms with Crippen molar-refractivity contribution in [3.05, 3.63) is 28.5 Å². The molecule has 0 aromatic carbocycles. The Labute approximate surface area is 101 Å². The summed E-state index contributed by atoms with van der Waals surface area (Å²) in [5, 5.41) is 0. The van der Waals surface area contributed by atoms with E-state index in [0.717, 1.165) is 4.47 Å². The molecule has 0 N–H and O–H groups in total. The standard InChI is InChI=1S/C10H13BrN2OS/c1-10(2,3)15(14)13-7-9-5-4-8(11)6-12-9/h4-7H,1-3H3/t15-/m0/s1. The number of pyridine rings is 1. The largest absolute Gasteiger partial charge is 0.591 e. The lowest BCUT2D eigenvalue weighted by molar-refractivity contribution is 0.562. The fourth-order valence-corrected chi connectivity index (χ4v) is 1.48. The van der Waals surface area contributed by atoms with Crippen LogP contribution in [-0.4, -0.2) is 20.5 Å². The van der Waals surface area contributed by atoms with Gasteiger partial charge in [0.15, 0.2) is 0 Å². The lowest BCUT2D eigenvalue weighted by atomic mass is 10.3. The van der Waals surface area contributed by atoms with Crippen molar-refractivity contribution in [1.29, 1.82) is 0 Å². The Bertz CT molecular complexity index is 345. The minimum atomic E-state index is -1.23. The molecule has 82 valence electrons. The van der Waals surface area contributed by atoms with E-state index < -0.39 is 11.4 Å². The smallest absolute Gasteiger partial charge is 0.144 e. The van der Waals surface area contributed by atoms with E-state index in [0.29, 0.717) is 5.69 Å². The van der Waals surface area contributed by atoms with Gasteiger partial charge in [0.2, 0.25) is 0 Å². The van der Waals surface area contributed by atoms with Crippen molar-refractivity contribution < 1.29 is 4.55 Å². The van der Waals surface area contributed by atoms with Crippen LogP contribution in [0.5, 0.6) is 0 Å². The summed E-state index contributed by atoms with van der Waals surface area (Å²) in [4.78, 5) is 4.10. The van der Waals surface area contributed by atoms with Crippen LogP contribution in [0.15, 0.2) is 27.2 Å². The molecule has 0 fully saturated rings. The SMILES string of the molecule is CC(C)(C)[S@+]([O-])N=Cc1ccc(Br)cn1. The van der Waals surface area contributed by atoms with Gasteiger partial charge in [-0.25, -0.2) is 0 Å². The first-order chi connectivity index (χ1) is 6.89. The summed E-state index contributed by atoms with van der Waals surface area (Å²) in [5.74, 6) is 0. The van der Waals surface area contributed by atoms with E-state index in [9.17, 15) is 4.55 Å². The van der Waals surface area contributed by atoms with Gasteiger partial charge < -0.3 is 4.55 Å². The summed E-state index contributed by atoms with van der Waals surface area (Å²) in [6.07, 6.45) is 3.22. The van der Waals surface area contributed by atoms with Crippen LogP contribution in [0.1, 0.15) is 26.5 Å². The summed E-state index contributed by atoms with van der Waals surface area (Å²) in [6, 6.07) is 3.68. The molecule has 0 radical (unpaired) electrons. The minimum Gasteiger partial charge on any atom is -0.591 e. The van der Waals surface area contributed by atoms with Gasteiger partial charge >= 0.3 is 0 Å². The number of aromatic nitrogens is 1. The van der Waals surface area contributed by atoms with Crippen molar-refractivity contribution in [2.45, 2.75) is 25.5 Å². The maximum atomic E-state index is 11.6. The zero-order chi connectivity index (χ0) is 11.5. The van der Waals surface area contributed by atoms with Crippen molar-refractivity contribution in [3.8, 4) is 0 Å². The second-order valence-electron chi connectivity index (χ2n) is 4.00. The molecule has 0 saturated carbocycles. The molecular formula is C10H13BrN2OS. The van der Waals surface area contributed by atoms with Crippen LogP contribution < -0.4 is 0 Å². The number of halogens is 1. The second kappa shape index (κ2) is 5.09. The van der Waals surface area contributed by atoms with Crippen molar-refractivity contribution in [3.63, 3.8) is 0 Å². The fraction of sp³-hybridized carbons (Fsp3) is 0.400. The first-order valence-corrected chi connectivity index (χ1v) is 6.37. The maximum absolute atomic E-state index is 11.6. The molecule has 0 aliphatic rings. The Morgan fingerprint density at radius 2 is 2.13 bits per heavy atom. The van der Waals surface area contributed by atoms with Crippen LogP contribution in [0.4, 0.5) is 0 Å². The van der Waals surface area contributed by atoms with Gasteiger partial charge in [-0.1, -0.05) is 4.40 Å². The summed E-state index contributed by atoms with van der Waals surface area (Å²) in [5.41, 5.74) is 0.704. The van der Waals surface area contributed by atoms with Crippen molar-refractivity contribution in [1.82, 2.24) is 4.98 Å². The lowest BCUT2D eigenvalue weighted by Gasteiger charge is -2.17. The van der Waals surface area contributed by atoms with E-state index in [1.54, 1.807) is 6.20 Å². The molecule has 0 bridgehead atoms. The summed E-state index contributed by atoms with van der Waals surface area (Å²) < 4.78 is 16.1. The Morgan fingerprint density at radius 3 is 2.60 bits per heavy atom. The lowest BCUT2D eigenvalue weighted by Crippen LogP contribution is -2.25. The van der Waals surface area contributed by atoms with Gasteiger partial charge in [-0.2, -0.15) is 0 Å². The zero-order valence-electron chi connectivity index (χ0n) is 8.90. The molecule has 5 heteroatoms. The molecule has 0 aliphatic heterocycles. The van der Waals surface area contributed by atoms with E-state index in [-0.39, 0.29) is 4.75 Å². The van der Waals surface area contributed by atoms with Crippen LogP contribution in [0.25, 0.3) is 0 Å². The Morgan fingerprint density at radius 1 is 1.47 bits per heavy atom. The van der Waals surface area contributed by atoms with Crippen LogP contribution in [0.3, 0.4) is 0 Å². The quantitative estimate of drug-likeness (QED) is 0.621. The molecule has 15 heavy (non-hydrogen) atoms. The van der Waals surface area contributed by atoms with Gasteiger partial charge in [0.25, 0.3) is 0 Å². The summed E-state index contributed by atoms with van der Waals surface area (Å²) in [6.45, 7) is 5.65. The monoisotopic (exact) mass is 288 g/mol. The Hall–Kier alpha value is -0.390. The summed E-state index contributed by atoms with van der Waals surface area (Å²) >= 11 is 2.06. The molecule has 3 nitrogen and oxygen atoms in total. The van der Waals surface area contributed by atoms with Crippen LogP contribution in [0.2, 0.25) is 0 Å². The predicted octanol–water partition coefficient (Wildman–Crippen LogP) is 2.73. The molecule has 1 aromatic rings. The maximum Gasteiger partial charge on any atom is 0.144 e. The molecule has 0 aliphatic carbocycles. The topological polar surface area (TPSA) is 48.3 Å². The van der Waals surface area contributed by atoms with Crippen LogP contribution in [-0.2, 0) is 11.4 Å². The molecule has 1 atom stereocenters. The van der Waals surface area contributed by atoms with Crippen LogP contribution in [0, 0.1) is 0 Å². The number of nitrogens with zero attached hydrogens (tertiary/aromatic N) is 2. The fourth-order valence-electron chi connectivity index (χ4n) is 0.724. The summed E-state index contributed by atoms with van der Waals surface area (Å²) in [7, 11) is 0. The van der Waals surface area contributed by atoms with Gasteiger partial charge in [-0.05, 0) is 48.8 Å². The van der Waals surface area contributed by atoms with Gasteiger partial charge in [-0.15, -0.1) is 0 Å².